The van der Waals surface area contributed by atoms with Crippen LogP contribution in [0.5, 0.6) is 0 Å². The summed E-state index contributed by atoms with van der Waals surface area (Å²) in [7, 11) is 0. The molecule has 0 unspecified atom stereocenters. The van der Waals surface area contributed by atoms with Crippen LogP contribution in [-0.2, 0) is 9.59 Å². The summed E-state index contributed by atoms with van der Waals surface area (Å²) in [5.74, 6) is 0.442. The molecule has 3 rings (SSSR count). The van der Waals surface area contributed by atoms with Gasteiger partial charge in [-0.1, -0.05) is 12.2 Å². The lowest BCUT2D eigenvalue weighted by Gasteiger charge is -2.29. The molecular weight excluding hydrogens is 216 g/mol. The summed E-state index contributed by atoms with van der Waals surface area (Å²) in [5, 5.41) is 0. The molecule has 17 heavy (non-hydrogen) atoms. The molecule has 0 saturated carbocycles. The van der Waals surface area contributed by atoms with Crippen molar-refractivity contribution >= 4 is 11.8 Å². The van der Waals surface area contributed by atoms with E-state index in [1.807, 2.05) is 22.0 Å². The molecule has 3 heterocycles. The molecule has 2 atom stereocenters. The molecule has 2 saturated heterocycles. The van der Waals surface area contributed by atoms with Gasteiger partial charge < -0.3 is 9.80 Å². The van der Waals surface area contributed by atoms with Gasteiger partial charge in [0.15, 0.2) is 0 Å². The van der Waals surface area contributed by atoms with Crippen molar-refractivity contribution in [2.45, 2.75) is 31.7 Å². The normalized spacial score (nSPS) is 32.1. The maximum atomic E-state index is 12.4. The van der Waals surface area contributed by atoms with Gasteiger partial charge >= 0.3 is 0 Å². The first-order valence-corrected chi connectivity index (χ1v) is 6.52. The number of hydrogen-bond acceptors (Lipinski definition) is 2. The standard InChI is InChI=1S/C13H18N2O2/c16-12-5-3-4-11-10(6-9-15(11)12)13(17)14-7-1-2-8-14/h3-4,10-11H,1-2,5-9H2/t10-,11+/m0/s1. The highest BCUT2D eigenvalue weighted by Crippen LogP contribution is 2.31. The van der Waals surface area contributed by atoms with Crippen LogP contribution < -0.4 is 0 Å². The number of hydrogen-bond donors (Lipinski definition) is 0. The molecule has 0 N–H and O–H groups in total. The summed E-state index contributed by atoms with van der Waals surface area (Å²) in [6.45, 7) is 2.55. The molecule has 0 aromatic carbocycles. The Hall–Kier alpha value is -1.32. The van der Waals surface area contributed by atoms with Gasteiger partial charge in [0, 0.05) is 26.1 Å². The van der Waals surface area contributed by atoms with E-state index in [4.69, 9.17) is 0 Å². The summed E-state index contributed by atoms with van der Waals surface area (Å²) >= 11 is 0. The first-order valence-electron chi connectivity index (χ1n) is 6.52. The Morgan fingerprint density at radius 2 is 2.00 bits per heavy atom. The van der Waals surface area contributed by atoms with Gasteiger partial charge in [0.25, 0.3) is 0 Å². The number of fused-ring (bicyclic) bond motifs is 1. The van der Waals surface area contributed by atoms with Crippen molar-refractivity contribution < 1.29 is 9.59 Å². The molecule has 0 spiro atoms. The molecule has 0 bridgehead atoms. The van der Waals surface area contributed by atoms with E-state index in [9.17, 15) is 9.59 Å². The second kappa shape index (κ2) is 4.17. The molecule has 4 heteroatoms. The molecule has 92 valence electrons. The molecule has 0 radical (unpaired) electrons. The Labute approximate surface area is 101 Å². The van der Waals surface area contributed by atoms with Crippen LogP contribution in [0.1, 0.15) is 25.7 Å². The fourth-order valence-electron chi connectivity index (χ4n) is 3.21. The minimum Gasteiger partial charge on any atom is -0.342 e. The summed E-state index contributed by atoms with van der Waals surface area (Å²) in [5.41, 5.74) is 0. The molecule has 2 fully saturated rings. The number of carbonyl (C=O) groups is 2. The lowest BCUT2D eigenvalue weighted by Crippen LogP contribution is -2.43. The Balaban J connectivity index is 1.76. The highest BCUT2D eigenvalue weighted by Gasteiger charge is 2.42. The predicted octanol–water partition coefficient (Wildman–Crippen LogP) is 0.786. The Morgan fingerprint density at radius 3 is 2.76 bits per heavy atom. The first kappa shape index (κ1) is 10.8. The first-order chi connectivity index (χ1) is 8.27. The molecule has 4 nitrogen and oxygen atoms in total. The molecule has 2 amide bonds. The number of rotatable bonds is 1. The molecule has 3 aliphatic rings. The minimum absolute atomic E-state index is 0.00796. The minimum atomic E-state index is 0.00796. The van der Waals surface area contributed by atoms with Crippen molar-refractivity contribution in [3.8, 4) is 0 Å². The number of nitrogens with zero attached hydrogens (tertiary/aromatic N) is 2. The summed E-state index contributed by atoms with van der Waals surface area (Å²) in [4.78, 5) is 27.9. The average Bonchev–Trinajstić information content (AvgIpc) is 2.98. The van der Waals surface area contributed by atoms with Crippen LogP contribution in [0, 0.1) is 5.92 Å². The van der Waals surface area contributed by atoms with E-state index < -0.39 is 0 Å². The highest BCUT2D eigenvalue weighted by atomic mass is 16.2. The highest BCUT2D eigenvalue weighted by molar-refractivity contribution is 5.85. The van der Waals surface area contributed by atoms with Crippen molar-refractivity contribution in [1.29, 1.82) is 0 Å². The molecule has 3 aliphatic heterocycles. The Bertz CT molecular complexity index is 372. The lowest BCUT2D eigenvalue weighted by atomic mass is 9.96. The van der Waals surface area contributed by atoms with Gasteiger partial charge in [0.1, 0.15) is 0 Å². The van der Waals surface area contributed by atoms with Crippen molar-refractivity contribution in [2.75, 3.05) is 19.6 Å². The fourth-order valence-corrected chi connectivity index (χ4v) is 3.21. The molecular formula is C13H18N2O2. The van der Waals surface area contributed by atoms with Crippen molar-refractivity contribution in [1.82, 2.24) is 9.80 Å². The van der Waals surface area contributed by atoms with E-state index in [1.165, 1.54) is 0 Å². The van der Waals surface area contributed by atoms with E-state index in [1.54, 1.807) is 0 Å². The van der Waals surface area contributed by atoms with Gasteiger partial charge in [-0.05, 0) is 19.3 Å². The van der Waals surface area contributed by atoms with E-state index in [-0.39, 0.29) is 23.8 Å². The van der Waals surface area contributed by atoms with Gasteiger partial charge in [-0.3, -0.25) is 9.59 Å². The van der Waals surface area contributed by atoms with Crippen LogP contribution in [0.2, 0.25) is 0 Å². The van der Waals surface area contributed by atoms with Crippen molar-refractivity contribution in [3.63, 3.8) is 0 Å². The maximum Gasteiger partial charge on any atom is 0.228 e. The second-order valence-corrected chi connectivity index (χ2v) is 5.14. The zero-order chi connectivity index (χ0) is 11.8. The largest absolute Gasteiger partial charge is 0.342 e. The zero-order valence-corrected chi connectivity index (χ0v) is 9.97. The van der Waals surface area contributed by atoms with E-state index in [2.05, 4.69) is 0 Å². The maximum absolute atomic E-state index is 12.4. The van der Waals surface area contributed by atoms with E-state index in [0.29, 0.717) is 6.42 Å². The predicted molar refractivity (Wildman–Crippen MR) is 63.2 cm³/mol. The van der Waals surface area contributed by atoms with Crippen LogP contribution in [0.25, 0.3) is 0 Å². The lowest BCUT2D eigenvalue weighted by molar-refractivity contribution is -0.136. The molecule has 0 aliphatic carbocycles. The summed E-state index contributed by atoms with van der Waals surface area (Å²) < 4.78 is 0. The van der Waals surface area contributed by atoms with Crippen LogP contribution in [0.4, 0.5) is 0 Å². The van der Waals surface area contributed by atoms with Gasteiger partial charge in [0.05, 0.1) is 12.0 Å². The van der Waals surface area contributed by atoms with Crippen LogP contribution in [0.3, 0.4) is 0 Å². The number of carbonyl (C=O) groups excluding carboxylic acids is 2. The second-order valence-electron chi connectivity index (χ2n) is 5.14. The van der Waals surface area contributed by atoms with Crippen LogP contribution in [-0.4, -0.2) is 47.3 Å². The summed E-state index contributed by atoms with van der Waals surface area (Å²) in [6.07, 6.45) is 7.55. The van der Waals surface area contributed by atoms with Gasteiger partial charge in [0.2, 0.25) is 11.8 Å². The van der Waals surface area contributed by atoms with Crippen LogP contribution >= 0.6 is 0 Å². The van der Waals surface area contributed by atoms with Crippen LogP contribution in [0.15, 0.2) is 12.2 Å². The Kier molecular flexibility index (Phi) is 2.65. The quantitative estimate of drug-likeness (QED) is 0.629. The van der Waals surface area contributed by atoms with Gasteiger partial charge in [-0.25, -0.2) is 0 Å². The number of likely N-dealkylation sites (tertiary alicyclic amines) is 1. The smallest absolute Gasteiger partial charge is 0.228 e. The fraction of sp³-hybridized carbons (Fsp3) is 0.692. The van der Waals surface area contributed by atoms with E-state index >= 15 is 0 Å². The molecule has 0 aromatic heterocycles. The monoisotopic (exact) mass is 234 g/mol. The SMILES string of the molecule is O=C([C@H]1CCN2C(=O)CC=C[C@H]12)N1CCCC1. The number of amides is 2. The third kappa shape index (κ3) is 1.75. The Morgan fingerprint density at radius 1 is 1.24 bits per heavy atom. The van der Waals surface area contributed by atoms with E-state index in [0.717, 1.165) is 38.9 Å². The van der Waals surface area contributed by atoms with Gasteiger partial charge in [-0.2, -0.15) is 0 Å². The van der Waals surface area contributed by atoms with Gasteiger partial charge in [-0.15, -0.1) is 0 Å². The third-order valence-corrected chi connectivity index (χ3v) is 4.13. The topological polar surface area (TPSA) is 40.6 Å². The third-order valence-electron chi connectivity index (χ3n) is 4.13. The summed E-state index contributed by atoms with van der Waals surface area (Å²) in [6, 6.07) is 0.0318. The van der Waals surface area contributed by atoms with Crippen molar-refractivity contribution in [2.24, 2.45) is 5.92 Å². The average molecular weight is 234 g/mol. The zero-order valence-electron chi connectivity index (χ0n) is 9.97. The van der Waals surface area contributed by atoms with Crippen molar-refractivity contribution in [3.05, 3.63) is 12.2 Å². The molecule has 0 aromatic rings.